The molecule has 4 heteroatoms. The molecule has 4 nitrogen and oxygen atoms in total. The van der Waals surface area contributed by atoms with Gasteiger partial charge in [0.25, 0.3) is 0 Å². The SMILES string of the molecule is COC(=O)C(CCCN)NC(C)C. The fraction of sp³-hybridized carbons (Fsp3) is 0.889. The lowest BCUT2D eigenvalue weighted by molar-refractivity contribution is -0.143. The van der Waals surface area contributed by atoms with Gasteiger partial charge in [0.1, 0.15) is 6.04 Å². The first-order chi connectivity index (χ1) is 6.11. The number of carbonyl (C=O) groups is 1. The first-order valence-electron chi connectivity index (χ1n) is 4.65. The molecule has 1 unspecified atom stereocenters. The molecule has 0 aromatic heterocycles. The van der Waals surface area contributed by atoms with Crippen LogP contribution in [-0.4, -0.2) is 31.7 Å². The molecule has 1 atom stereocenters. The number of rotatable bonds is 6. The summed E-state index contributed by atoms with van der Waals surface area (Å²) in [5, 5.41) is 3.14. The zero-order valence-electron chi connectivity index (χ0n) is 8.67. The van der Waals surface area contributed by atoms with Crippen molar-refractivity contribution in [2.45, 2.75) is 38.8 Å². The largest absolute Gasteiger partial charge is 0.468 e. The van der Waals surface area contributed by atoms with Gasteiger partial charge >= 0.3 is 5.97 Å². The number of nitrogens with one attached hydrogen (secondary N) is 1. The minimum atomic E-state index is -0.214. The first kappa shape index (κ1) is 12.4. The summed E-state index contributed by atoms with van der Waals surface area (Å²) in [5.74, 6) is -0.206. The zero-order chi connectivity index (χ0) is 10.3. The summed E-state index contributed by atoms with van der Waals surface area (Å²) in [6.07, 6.45) is 1.57. The van der Waals surface area contributed by atoms with Crippen LogP contribution in [-0.2, 0) is 9.53 Å². The Bertz CT molecular complexity index is 149. The minimum absolute atomic E-state index is 0.206. The molecule has 0 spiro atoms. The number of carbonyl (C=O) groups excluding carboxylic acids is 1. The molecule has 0 aromatic carbocycles. The highest BCUT2D eigenvalue weighted by atomic mass is 16.5. The predicted molar refractivity (Wildman–Crippen MR) is 52.4 cm³/mol. The van der Waals surface area contributed by atoms with Crippen LogP contribution in [0.2, 0.25) is 0 Å². The lowest BCUT2D eigenvalue weighted by Crippen LogP contribution is -2.41. The summed E-state index contributed by atoms with van der Waals surface area (Å²) in [7, 11) is 1.40. The van der Waals surface area contributed by atoms with Gasteiger partial charge in [-0.15, -0.1) is 0 Å². The molecule has 3 N–H and O–H groups in total. The van der Waals surface area contributed by atoms with Gasteiger partial charge < -0.3 is 15.8 Å². The fourth-order valence-corrected chi connectivity index (χ4v) is 1.14. The normalized spacial score (nSPS) is 13.0. The van der Waals surface area contributed by atoms with E-state index < -0.39 is 0 Å². The molecule has 0 aromatic rings. The molecule has 0 bridgehead atoms. The van der Waals surface area contributed by atoms with Gasteiger partial charge in [0, 0.05) is 6.04 Å². The third kappa shape index (κ3) is 5.60. The molecular weight excluding hydrogens is 168 g/mol. The molecule has 78 valence electrons. The van der Waals surface area contributed by atoms with Crippen LogP contribution in [0.1, 0.15) is 26.7 Å². The number of ether oxygens (including phenoxy) is 1. The van der Waals surface area contributed by atoms with Gasteiger partial charge in [-0.3, -0.25) is 4.79 Å². The van der Waals surface area contributed by atoms with Gasteiger partial charge in [-0.05, 0) is 19.4 Å². The van der Waals surface area contributed by atoms with Crippen molar-refractivity contribution in [3.05, 3.63) is 0 Å². The van der Waals surface area contributed by atoms with E-state index in [1.165, 1.54) is 7.11 Å². The van der Waals surface area contributed by atoms with Crippen LogP contribution in [0.4, 0.5) is 0 Å². The Morgan fingerprint density at radius 1 is 1.54 bits per heavy atom. The maximum Gasteiger partial charge on any atom is 0.322 e. The van der Waals surface area contributed by atoms with Crippen LogP contribution in [0.5, 0.6) is 0 Å². The third-order valence-corrected chi connectivity index (χ3v) is 1.72. The molecule has 0 radical (unpaired) electrons. The standard InChI is InChI=1S/C9H20N2O2/c1-7(2)11-8(5-4-6-10)9(12)13-3/h7-8,11H,4-6,10H2,1-3H3. The van der Waals surface area contributed by atoms with E-state index in [9.17, 15) is 4.79 Å². The van der Waals surface area contributed by atoms with E-state index in [1.54, 1.807) is 0 Å². The van der Waals surface area contributed by atoms with E-state index in [0.29, 0.717) is 6.54 Å². The van der Waals surface area contributed by atoms with Gasteiger partial charge in [-0.2, -0.15) is 0 Å². The maximum absolute atomic E-state index is 11.2. The Hall–Kier alpha value is -0.610. The molecule has 0 amide bonds. The number of hydrogen-bond donors (Lipinski definition) is 2. The number of hydrogen-bond acceptors (Lipinski definition) is 4. The number of nitrogens with two attached hydrogens (primary N) is 1. The third-order valence-electron chi connectivity index (χ3n) is 1.72. The Kier molecular flexibility index (Phi) is 6.54. The van der Waals surface area contributed by atoms with Crippen molar-refractivity contribution in [3.8, 4) is 0 Å². The summed E-state index contributed by atoms with van der Waals surface area (Å²) in [4.78, 5) is 11.2. The van der Waals surface area contributed by atoms with Gasteiger partial charge in [0.05, 0.1) is 7.11 Å². The topological polar surface area (TPSA) is 64.3 Å². The van der Waals surface area contributed by atoms with Crippen molar-refractivity contribution in [1.82, 2.24) is 5.32 Å². The molecule has 0 saturated heterocycles. The molecule has 0 rings (SSSR count). The van der Waals surface area contributed by atoms with E-state index in [0.717, 1.165) is 12.8 Å². The second-order valence-corrected chi connectivity index (χ2v) is 3.33. The van der Waals surface area contributed by atoms with E-state index in [2.05, 4.69) is 10.1 Å². The molecule has 0 aliphatic rings. The van der Waals surface area contributed by atoms with Crippen LogP contribution < -0.4 is 11.1 Å². The van der Waals surface area contributed by atoms with Crippen LogP contribution in [0.15, 0.2) is 0 Å². The molecule has 0 saturated carbocycles. The first-order valence-corrected chi connectivity index (χ1v) is 4.65. The molecule has 0 heterocycles. The van der Waals surface area contributed by atoms with Crippen molar-refractivity contribution in [3.63, 3.8) is 0 Å². The molecule has 0 fully saturated rings. The molecular formula is C9H20N2O2. The van der Waals surface area contributed by atoms with Crippen LogP contribution in [0, 0.1) is 0 Å². The van der Waals surface area contributed by atoms with Crippen molar-refractivity contribution in [1.29, 1.82) is 0 Å². The van der Waals surface area contributed by atoms with Crippen molar-refractivity contribution in [2.24, 2.45) is 5.73 Å². The van der Waals surface area contributed by atoms with Crippen molar-refractivity contribution in [2.75, 3.05) is 13.7 Å². The fourth-order valence-electron chi connectivity index (χ4n) is 1.14. The van der Waals surface area contributed by atoms with Gasteiger partial charge in [-0.25, -0.2) is 0 Å². The van der Waals surface area contributed by atoms with Gasteiger partial charge in [0.15, 0.2) is 0 Å². The van der Waals surface area contributed by atoms with E-state index in [4.69, 9.17) is 5.73 Å². The average molecular weight is 188 g/mol. The van der Waals surface area contributed by atoms with E-state index >= 15 is 0 Å². The molecule has 13 heavy (non-hydrogen) atoms. The van der Waals surface area contributed by atoms with Crippen LogP contribution in [0.25, 0.3) is 0 Å². The highest BCUT2D eigenvalue weighted by Gasteiger charge is 2.18. The number of methoxy groups -OCH3 is 1. The lowest BCUT2D eigenvalue weighted by Gasteiger charge is -2.18. The highest BCUT2D eigenvalue weighted by molar-refractivity contribution is 5.75. The minimum Gasteiger partial charge on any atom is -0.468 e. The maximum atomic E-state index is 11.2. The summed E-state index contributed by atoms with van der Waals surface area (Å²) < 4.78 is 4.67. The van der Waals surface area contributed by atoms with E-state index in [-0.39, 0.29) is 18.1 Å². The van der Waals surface area contributed by atoms with Crippen LogP contribution >= 0.6 is 0 Å². The Morgan fingerprint density at radius 3 is 2.54 bits per heavy atom. The summed E-state index contributed by atoms with van der Waals surface area (Å²) in [5.41, 5.74) is 5.37. The van der Waals surface area contributed by atoms with Crippen LogP contribution in [0.3, 0.4) is 0 Å². The highest BCUT2D eigenvalue weighted by Crippen LogP contribution is 2.00. The van der Waals surface area contributed by atoms with Gasteiger partial charge in [-0.1, -0.05) is 13.8 Å². The zero-order valence-corrected chi connectivity index (χ0v) is 8.67. The molecule has 0 aliphatic heterocycles. The average Bonchev–Trinajstić information content (AvgIpc) is 2.10. The van der Waals surface area contributed by atoms with E-state index in [1.807, 2.05) is 13.8 Å². The smallest absolute Gasteiger partial charge is 0.322 e. The summed E-state index contributed by atoms with van der Waals surface area (Å²) in [6.45, 7) is 4.60. The second-order valence-electron chi connectivity index (χ2n) is 3.33. The lowest BCUT2D eigenvalue weighted by atomic mass is 10.1. The Balaban J connectivity index is 3.94. The van der Waals surface area contributed by atoms with Gasteiger partial charge in [0.2, 0.25) is 0 Å². The summed E-state index contributed by atoms with van der Waals surface area (Å²) >= 11 is 0. The monoisotopic (exact) mass is 188 g/mol. The molecule has 0 aliphatic carbocycles. The van der Waals surface area contributed by atoms with Crippen molar-refractivity contribution >= 4 is 5.97 Å². The Morgan fingerprint density at radius 2 is 2.15 bits per heavy atom. The van der Waals surface area contributed by atoms with Crippen molar-refractivity contribution < 1.29 is 9.53 Å². The Labute approximate surface area is 79.8 Å². The second kappa shape index (κ2) is 6.86. The summed E-state index contributed by atoms with van der Waals surface area (Å²) in [6, 6.07) is 0.0652. The quantitative estimate of drug-likeness (QED) is 0.587. The predicted octanol–water partition coefficient (Wildman–Crippen LogP) is 0.265. The number of esters is 1.